The summed E-state index contributed by atoms with van der Waals surface area (Å²) in [6.07, 6.45) is 7.05. The summed E-state index contributed by atoms with van der Waals surface area (Å²) in [6, 6.07) is 3.30. The Kier molecular flexibility index (Phi) is 3.77. The molecule has 2 amide bonds. The summed E-state index contributed by atoms with van der Waals surface area (Å²) in [7, 11) is 0. The monoisotopic (exact) mass is 289 g/mol. The molecule has 1 aliphatic carbocycles. The lowest BCUT2D eigenvalue weighted by atomic mass is 9.92. The summed E-state index contributed by atoms with van der Waals surface area (Å²) in [6.45, 7) is 0.746. The lowest BCUT2D eigenvalue weighted by Crippen LogP contribution is -2.48. The van der Waals surface area contributed by atoms with E-state index in [0.717, 1.165) is 19.4 Å². The van der Waals surface area contributed by atoms with Crippen molar-refractivity contribution >= 4 is 17.7 Å². The summed E-state index contributed by atoms with van der Waals surface area (Å²) < 4.78 is 0. The molecule has 1 saturated carbocycles. The van der Waals surface area contributed by atoms with Gasteiger partial charge in [-0.2, -0.15) is 0 Å². The number of anilines is 1. The van der Waals surface area contributed by atoms with Crippen LogP contribution in [0.15, 0.2) is 18.3 Å². The smallest absolute Gasteiger partial charge is 0.356 e. The molecule has 3 rings (SSSR count). The van der Waals surface area contributed by atoms with Gasteiger partial charge in [0, 0.05) is 18.8 Å². The number of nitrogens with zero attached hydrogens (tertiary/aromatic N) is 2. The number of piperidine rings is 1. The number of carboxylic acid groups (broad SMARTS) is 1. The summed E-state index contributed by atoms with van der Waals surface area (Å²) in [5, 5.41) is 11.8. The van der Waals surface area contributed by atoms with Crippen LogP contribution in [-0.4, -0.2) is 39.6 Å². The number of carbonyl (C=O) groups excluding carboxylic acids is 1. The van der Waals surface area contributed by atoms with Crippen LogP contribution >= 0.6 is 0 Å². The van der Waals surface area contributed by atoms with Crippen LogP contribution in [0.2, 0.25) is 0 Å². The van der Waals surface area contributed by atoms with Gasteiger partial charge in [0.05, 0.1) is 5.69 Å². The third-order valence-corrected chi connectivity index (χ3v) is 4.51. The molecular formula is C15H19N3O3. The quantitative estimate of drug-likeness (QED) is 0.876. The Bertz CT molecular complexity index is 561. The minimum Gasteiger partial charge on any atom is -0.476 e. The van der Waals surface area contributed by atoms with Gasteiger partial charge in [-0.1, -0.05) is 6.42 Å². The van der Waals surface area contributed by atoms with Crippen molar-refractivity contribution in [3.8, 4) is 0 Å². The number of hydrogen-bond donors (Lipinski definition) is 2. The highest BCUT2D eigenvalue weighted by Crippen LogP contribution is 2.37. The fraction of sp³-hybridized carbons (Fsp3) is 0.533. The number of pyridine rings is 1. The predicted octanol–water partition coefficient (Wildman–Crippen LogP) is 2.58. The minimum atomic E-state index is -1.14. The minimum absolute atomic E-state index is 0.120. The number of likely N-dealkylation sites (tertiary alicyclic amines) is 1. The van der Waals surface area contributed by atoms with Crippen LogP contribution in [0.25, 0.3) is 0 Å². The van der Waals surface area contributed by atoms with Crippen LogP contribution in [0.5, 0.6) is 0 Å². The van der Waals surface area contributed by atoms with Crippen LogP contribution in [0, 0.1) is 5.92 Å². The topological polar surface area (TPSA) is 82.5 Å². The first kappa shape index (κ1) is 13.9. The Morgan fingerprint density at radius 1 is 1.29 bits per heavy atom. The number of amides is 2. The van der Waals surface area contributed by atoms with Crippen molar-refractivity contribution in [3.63, 3.8) is 0 Å². The molecule has 1 aromatic rings. The molecule has 6 heteroatoms. The van der Waals surface area contributed by atoms with Gasteiger partial charge < -0.3 is 15.3 Å². The van der Waals surface area contributed by atoms with Gasteiger partial charge >= 0.3 is 12.0 Å². The third kappa shape index (κ3) is 2.70. The predicted molar refractivity (Wildman–Crippen MR) is 77.3 cm³/mol. The molecule has 6 nitrogen and oxygen atoms in total. The number of rotatable bonds is 2. The summed E-state index contributed by atoms with van der Waals surface area (Å²) in [4.78, 5) is 29.3. The highest BCUT2D eigenvalue weighted by molar-refractivity contribution is 5.98. The Morgan fingerprint density at radius 2 is 2.10 bits per heavy atom. The van der Waals surface area contributed by atoms with Gasteiger partial charge in [0.2, 0.25) is 0 Å². The third-order valence-electron chi connectivity index (χ3n) is 4.51. The van der Waals surface area contributed by atoms with Gasteiger partial charge in [0.25, 0.3) is 0 Å². The van der Waals surface area contributed by atoms with Crippen LogP contribution in [0.3, 0.4) is 0 Å². The van der Waals surface area contributed by atoms with Crippen molar-refractivity contribution < 1.29 is 14.7 Å². The van der Waals surface area contributed by atoms with E-state index in [1.165, 1.54) is 25.5 Å². The van der Waals surface area contributed by atoms with E-state index in [1.807, 2.05) is 4.90 Å². The van der Waals surface area contributed by atoms with E-state index in [0.29, 0.717) is 12.0 Å². The molecule has 0 bridgehead atoms. The average Bonchev–Trinajstić information content (AvgIpc) is 2.95. The molecule has 2 heterocycles. The maximum absolute atomic E-state index is 12.5. The molecule has 0 spiro atoms. The molecule has 2 N–H and O–H groups in total. The fourth-order valence-corrected chi connectivity index (χ4v) is 3.57. The van der Waals surface area contributed by atoms with Crippen molar-refractivity contribution in [2.24, 2.45) is 5.92 Å². The normalized spacial score (nSPS) is 24.5. The highest BCUT2D eigenvalue weighted by Gasteiger charge is 2.37. The van der Waals surface area contributed by atoms with Gasteiger partial charge in [0.1, 0.15) is 0 Å². The Morgan fingerprint density at radius 3 is 2.90 bits per heavy atom. The van der Waals surface area contributed by atoms with Crippen molar-refractivity contribution in [3.05, 3.63) is 24.0 Å². The Labute approximate surface area is 123 Å². The van der Waals surface area contributed by atoms with Gasteiger partial charge in [-0.25, -0.2) is 14.6 Å². The first-order valence-corrected chi connectivity index (χ1v) is 7.43. The van der Waals surface area contributed by atoms with E-state index < -0.39 is 5.97 Å². The molecule has 0 aromatic carbocycles. The second-order valence-electron chi connectivity index (χ2n) is 5.73. The highest BCUT2D eigenvalue weighted by atomic mass is 16.4. The SMILES string of the molecule is O=C(O)c1ncccc1NC(=O)N1CCCC2CCCC21. The van der Waals surface area contributed by atoms with Crippen LogP contribution in [0.1, 0.15) is 42.6 Å². The van der Waals surface area contributed by atoms with E-state index in [9.17, 15) is 9.59 Å². The Balaban J connectivity index is 1.76. The number of aromatic nitrogens is 1. The lowest BCUT2D eigenvalue weighted by Gasteiger charge is -2.37. The zero-order valence-corrected chi connectivity index (χ0v) is 11.8. The van der Waals surface area contributed by atoms with E-state index in [2.05, 4.69) is 10.3 Å². The summed E-state index contributed by atoms with van der Waals surface area (Å²) in [5.74, 6) is -0.527. The molecule has 2 atom stereocenters. The van der Waals surface area contributed by atoms with Gasteiger partial charge in [-0.05, 0) is 43.7 Å². The van der Waals surface area contributed by atoms with E-state index >= 15 is 0 Å². The Hall–Kier alpha value is -2.11. The first-order valence-electron chi connectivity index (χ1n) is 7.43. The number of hydrogen-bond acceptors (Lipinski definition) is 3. The number of nitrogens with one attached hydrogen (secondary N) is 1. The molecule has 21 heavy (non-hydrogen) atoms. The molecule has 2 fully saturated rings. The second kappa shape index (κ2) is 5.71. The molecular weight excluding hydrogens is 270 g/mol. The number of urea groups is 1. The zero-order valence-electron chi connectivity index (χ0n) is 11.8. The van der Waals surface area contributed by atoms with E-state index in [4.69, 9.17) is 5.11 Å². The van der Waals surface area contributed by atoms with Gasteiger partial charge in [0.15, 0.2) is 5.69 Å². The number of fused-ring (bicyclic) bond motifs is 1. The zero-order chi connectivity index (χ0) is 14.8. The molecule has 2 unspecified atom stereocenters. The maximum atomic E-state index is 12.5. The molecule has 1 saturated heterocycles. The fourth-order valence-electron chi connectivity index (χ4n) is 3.57. The number of carbonyl (C=O) groups is 2. The molecule has 2 aliphatic rings. The van der Waals surface area contributed by atoms with Crippen LogP contribution in [-0.2, 0) is 0 Å². The van der Waals surface area contributed by atoms with Crippen LogP contribution < -0.4 is 5.32 Å². The first-order chi connectivity index (χ1) is 10.2. The largest absolute Gasteiger partial charge is 0.476 e. The second-order valence-corrected chi connectivity index (χ2v) is 5.73. The molecule has 112 valence electrons. The number of aromatic carboxylic acids is 1. The average molecular weight is 289 g/mol. The van der Waals surface area contributed by atoms with Crippen molar-refractivity contribution in [2.75, 3.05) is 11.9 Å². The molecule has 1 aromatic heterocycles. The summed E-state index contributed by atoms with van der Waals surface area (Å²) in [5.41, 5.74) is 0.140. The maximum Gasteiger partial charge on any atom is 0.356 e. The van der Waals surface area contributed by atoms with Gasteiger partial charge in [-0.15, -0.1) is 0 Å². The molecule has 1 aliphatic heterocycles. The van der Waals surface area contributed by atoms with Crippen molar-refractivity contribution in [1.82, 2.24) is 9.88 Å². The van der Waals surface area contributed by atoms with Gasteiger partial charge in [-0.3, -0.25) is 0 Å². The summed E-state index contributed by atoms with van der Waals surface area (Å²) >= 11 is 0. The van der Waals surface area contributed by atoms with Crippen molar-refractivity contribution in [1.29, 1.82) is 0 Å². The van der Waals surface area contributed by atoms with Crippen LogP contribution in [0.4, 0.5) is 10.5 Å². The molecule has 0 radical (unpaired) electrons. The van der Waals surface area contributed by atoms with Crippen molar-refractivity contribution in [2.45, 2.75) is 38.1 Å². The number of carboxylic acids is 1. The lowest BCUT2D eigenvalue weighted by molar-refractivity contribution is 0.0691. The standard InChI is InChI=1S/C15H19N3O3/c19-14(20)13-11(6-2-8-16-13)17-15(21)18-9-3-5-10-4-1-7-12(10)18/h2,6,8,10,12H,1,3-5,7,9H2,(H,17,21)(H,19,20). The van der Waals surface area contributed by atoms with E-state index in [-0.39, 0.29) is 17.4 Å². The van der Waals surface area contributed by atoms with E-state index in [1.54, 1.807) is 12.1 Å².